The lowest BCUT2D eigenvalue weighted by Gasteiger charge is -2.07. The second-order valence-electron chi connectivity index (χ2n) is 5.43. The average Bonchev–Trinajstić information content (AvgIpc) is 2.88. The summed E-state index contributed by atoms with van der Waals surface area (Å²) in [6, 6.07) is 14.3. The van der Waals surface area contributed by atoms with E-state index in [0.717, 1.165) is 5.56 Å². The van der Waals surface area contributed by atoms with Gasteiger partial charge in [0.1, 0.15) is 6.07 Å². The maximum atomic E-state index is 12.1. The number of rotatable bonds is 4. The van der Waals surface area contributed by atoms with Crippen molar-refractivity contribution in [3.05, 3.63) is 64.1 Å². The number of carbonyl (C=O) groups excluding carboxylic acids is 1. The Morgan fingerprint density at radius 1 is 1.29 bits per heavy atom. The lowest BCUT2D eigenvalue weighted by molar-refractivity contribution is -0.116. The van der Waals surface area contributed by atoms with Crippen molar-refractivity contribution in [3.8, 4) is 6.07 Å². The number of para-hydroxylation sites is 1. The van der Waals surface area contributed by atoms with Crippen LogP contribution in [0.3, 0.4) is 0 Å². The summed E-state index contributed by atoms with van der Waals surface area (Å²) in [6.07, 6.45) is 0.799. The topological polar surface area (TPSA) is 88.0 Å². The van der Waals surface area contributed by atoms with Crippen LogP contribution >= 0.6 is 0 Å². The molecular formula is C18H15N3O3. The molecule has 2 aromatic carbocycles. The summed E-state index contributed by atoms with van der Waals surface area (Å²) >= 11 is 0. The molecule has 1 amide bonds. The van der Waals surface area contributed by atoms with Crippen molar-refractivity contribution in [2.24, 2.45) is 7.05 Å². The third kappa shape index (κ3) is 3.06. The molecule has 0 saturated heterocycles. The van der Waals surface area contributed by atoms with Crippen molar-refractivity contribution in [1.82, 2.24) is 4.57 Å². The van der Waals surface area contributed by atoms with E-state index in [4.69, 9.17) is 9.68 Å². The first-order valence-electron chi connectivity index (χ1n) is 7.46. The van der Waals surface area contributed by atoms with E-state index in [1.807, 2.05) is 18.2 Å². The fourth-order valence-electron chi connectivity index (χ4n) is 2.49. The zero-order valence-electron chi connectivity index (χ0n) is 13.1. The summed E-state index contributed by atoms with van der Waals surface area (Å²) in [5.41, 5.74) is 3.10. The fraction of sp³-hybridized carbons (Fsp3) is 0.167. The molecule has 6 nitrogen and oxygen atoms in total. The van der Waals surface area contributed by atoms with E-state index in [1.54, 1.807) is 37.4 Å². The first-order valence-corrected chi connectivity index (χ1v) is 7.46. The number of hydrogen-bond acceptors (Lipinski definition) is 4. The van der Waals surface area contributed by atoms with Crippen LogP contribution in [-0.2, 0) is 18.3 Å². The average molecular weight is 321 g/mol. The second-order valence-corrected chi connectivity index (χ2v) is 5.43. The lowest BCUT2D eigenvalue weighted by atomic mass is 10.1. The second kappa shape index (κ2) is 6.42. The number of hydrogen-bond donors (Lipinski definition) is 1. The third-order valence-electron chi connectivity index (χ3n) is 3.82. The molecule has 0 radical (unpaired) electrons. The molecule has 0 aliphatic carbocycles. The molecule has 0 saturated carbocycles. The van der Waals surface area contributed by atoms with Gasteiger partial charge in [0.25, 0.3) is 0 Å². The van der Waals surface area contributed by atoms with Gasteiger partial charge >= 0.3 is 5.76 Å². The summed E-state index contributed by atoms with van der Waals surface area (Å²) < 4.78 is 6.51. The van der Waals surface area contributed by atoms with Crippen LogP contribution < -0.4 is 11.1 Å². The maximum absolute atomic E-state index is 12.1. The van der Waals surface area contributed by atoms with Crippen LogP contribution in [0.5, 0.6) is 0 Å². The van der Waals surface area contributed by atoms with Gasteiger partial charge in [-0.05, 0) is 36.2 Å². The summed E-state index contributed by atoms with van der Waals surface area (Å²) in [4.78, 5) is 23.6. The Hall–Kier alpha value is -3.33. The Kier molecular flexibility index (Phi) is 4.17. The van der Waals surface area contributed by atoms with Crippen LogP contribution in [0.25, 0.3) is 11.1 Å². The monoisotopic (exact) mass is 321 g/mol. The van der Waals surface area contributed by atoms with Crippen molar-refractivity contribution in [1.29, 1.82) is 5.26 Å². The number of aryl methyl sites for hydroxylation is 2. The number of fused-ring (bicyclic) bond motifs is 1. The Morgan fingerprint density at radius 3 is 2.88 bits per heavy atom. The van der Waals surface area contributed by atoms with E-state index in [1.165, 1.54) is 4.57 Å². The molecule has 1 N–H and O–H groups in total. The molecule has 3 rings (SSSR count). The molecular weight excluding hydrogens is 306 g/mol. The molecule has 0 atom stereocenters. The first kappa shape index (κ1) is 15.6. The van der Waals surface area contributed by atoms with Gasteiger partial charge < -0.3 is 9.73 Å². The van der Waals surface area contributed by atoms with Gasteiger partial charge in [0.2, 0.25) is 5.91 Å². The van der Waals surface area contributed by atoms with Crippen LogP contribution in [-0.4, -0.2) is 10.5 Å². The molecule has 1 heterocycles. The number of nitrogens with one attached hydrogen (secondary N) is 1. The Balaban J connectivity index is 1.69. The molecule has 0 aliphatic rings. The minimum atomic E-state index is -0.409. The van der Waals surface area contributed by atoms with E-state index in [-0.39, 0.29) is 12.3 Å². The first-order chi connectivity index (χ1) is 11.6. The number of nitrogens with zero attached hydrogens (tertiary/aromatic N) is 2. The SMILES string of the molecule is Cn1c(=O)oc2ccc(CCC(=O)Nc3ccccc3C#N)cc21. The lowest BCUT2D eigenvalue weighted by Crippen LogP contribution is -2.13. The van der Waals surface area contributed by atoms with Crippen LogP contribution in [0.4, 0.5) is 5.69 Å². The molecule has 24 heavy (non-hydrogen) atoms. The van der Waals surface area contributed by atoms with Gasteiger partial charge in [-0.15, -0.1) is 0 Å². The van der Waals surface area contributed by atoms with Gasteiger partial charge in [0.15, 0.2) is 5.58 Å². The summed E-state index contributed by atoms with van der Waals surface area (Å²) in [5, 5.41) is 11.8. The molecule has 1 aromatic heterocycles. The molecule has 0 unspecified atom stereocenters. The molecule has 0 aliphatic heterocycles. The maximum Gasteiger partial charge on any atom is 0.419 e. The van der Waals surface area contributed by atoms with Gasteiger partial charge in [-0.2, -0.15) is 5.26 Å². The Labute approximate surface area is 137 Å². The number of amides is 1. The van der Waals surface area contributed by atoms with E-state index >= 15 is 0 Å². The van der Waals surface area contributed by atoms with Gasteiger partial charge in [0.05, 0.1) is 16.8 Å². The predicted molar refractivity (Wildman–Crippen MR) is 89.6 cm³/mol. The summed E-state index contributed by atoms with van der Waals surface area (Å²) in [7, 11) is 1.64. The largest absolute Gasteiger partial charge is 0.419 e. The molecule has 0 fully saturated rings. The van der Waals surface area contributed by atoms with Gasteiger partial charge in [-0.1, -0.05) is 18.2 Å². The number of anilines is 1. The van der Waals surface area contributed by atoms with Gasteiger partial charge in [0, 0.05) is 13.5 Å². The van der Waals surface area contributed by atoms with E-state index in [0.29, 0.717) is 28.8 Å². The van der Waals surface area contributed by atoms with Gasteiger partial charge in [-0.25, -0.2) is 4.79 Å². The Morgan fingerprint density at radius 2 is 2.08 bits per heavy atom. The molecule has 120 valence electrons. The number of aromatic nitrogens is 1. The standard InChI is InChI=1S/C18H15N3O3/c1-21-15-10-12(6-8-16(15)24-18(21)23)7-9-17(22)20-14-5-3-2-4-13(14)11-19/h2-6,8,10H,7,9H2,1H3,(H,20,22). The number of oxazole rings is 1. The zero-order valence-corrected chi connectivity index (χ0v) is 13.1. The summed E-state index contributed by atoms with van der Waals surface area (Å²) in [5.74, 6) is -0.577. The van der Waals surface area contributed by atoms with Gasteiger partial charge in [-0.3, -0.25) is 9.36 Å². The van der Waals surface area contributed by atoms with Crippen molar-refractivity contribution in [2.75, 3.05) is 5.32 Å². The number of carbonyl (C=O) groups is 1. The Bertz CT molecular complexity index is 1010. The van der Waals surface area contributed by atoms with E-state index < -0.39 is 5.76 Å². The minimum absolute atomic E-state index is 0.168. The molecule has 0 bridgehead atoms. The molecule has 6 heteroatoms. The predicted octanol–water partition coefficient (Wildman–Crippen LogP) is 2.57. The summed E-state index contributed by atoms with van der Waals surface area (Å²) in [6.45, 7) is 0. The van der Waals surface area contributed by atoms with Crippen LogP contribution in [0.1, 0.15) is 17.5 Å². The quantitative estimate of drug-likeness (QED) is 0.800. The number of benzene rings is 2. The normalized spacial score (nSPS) is 10.5. The molecule has 3 aromatic rings. The highest BCUT2D eigenvalue weighted by molar-refractivity contribution is 5.92. The molecule has 0 spiro atoms. The number of nitriles is 1. The fourth-order valence-corrected chi connectivity index (χ4v) is 2.49. The van der Waals surface area contributed by atoms with Crippen LogP contribution in [0.15, 0.2) is 51.7 Å². The van der Waals surface area contributed by atoms with Crippen molar-refractivity contribution >= 4 is 22.7 Å². The third-order valence-corrected chi connectivity index (χ3v) is 3.82. The van der Waals surface area contributed by atoms with Crippen molar-refractivity contribution < 1.29 is 9.21 Å². The zero-order chi connectivity index (χ0) is 17.1. The van der Waals surface area contributed by atoms with E-state index in [2.05, 4.69) is 5.32 Å². The van der Waals surface area contributed by atoms with Crippen molar-refractivity contribution in [2.45, 2.75) is 12.8 Å². The minimum Gasteiger partial charge on any atom is -0.408 e. The highest BCUT2D eigenvalue weighted by atomic mass is 16.4. The highest BCUT2D eigenvalue weighted by Gasteiger charge is 2.09. The highest BCUT2D eigenvalue weighted by Crippen LogP contribution is 2.17. The van der Waals surface area contributed by atoms with E-state index in [9.17, 15) is 9.59 Å². The smallest absolute Gasteiger partial charge is 0.408 e. The van der Waals surface area contributed by atoms with Crippen LogP contribution in [0.2, 0.25) is 0 Å². The van der Waals surface area contributed by atoms with Crippen LogP contribution in [0, 0.1) is 11.3 Å². The van der Waals surface area contributed by atoms with Crippen molar-refractivity contribution in [3.63, 3.8) is 0 Å².